The molecule has 0 saturated carbocycles. The van der Waals surface area contributed by atoms with Crippen molar-refractivity contribution < 1.29 is 4.79 Å². The van der Waals surface area contributed by atoms with Gasteiger partial charge in [-0.3, -0.25) is 4.79 Å². The Hall–Kier alpha value is -1.35. The van der Waals surface area contributed by atoms with Crippen LogP contribution in [0.3, 0.4) is 0 Å². The minimum absolute atomic E-state index is 0.000139. The molecule has 1 aromatic rings. The van der Waals surface area contributed by atoms with Gasteiger partial charge < -0.3 is 10.6 Å². The fraction of sp³-hybridized carbons (Fsp3) is 0.500. The first-order valence-electron chi connectivity index (χ1n) is 5.94. The minimum atomic E-state index is -0.000139. The maximum atomic E-state index is 11.6. The molecule has 0 atom stereocenters. The van der Waals surface area contributed by atoms with Gasteiger partial charge in [-0.15, -0.1) is 0 Å². The zero-order valence-corrected chi connectivity index (χ0v) is 11.1. The molecule has 0 aliphatic heterocycles. The Bertz CT molecular complexity index is 380. The Morgan fingerprint density at radius 2 is 2.00 bits per heavy atom. The Balaban J connectivity index is 2.35. The highest BCUT2D eigenvalue weighted by Crippen LogP contribution is 2.10. The number of hydrogen-bond donors (Lipinski definition) is 2. The van der Waals surface area contributed by atoms with Gasteiger partial charge in [-0.05, 0) is 30.0 Å². The van der Waals surface area contributed by atoms with Gasteiger partial charge in [0.1, 0.15) is 0 Å². The minimum Gasteiger partial charge on any atom is -0.325 e. The number of anilines is 1. The molecular formula is C14H22N2O. The zero-order chi connectivity index (χ0) is 12.9. The fourth-order valence-corrected chi connectivity index (χ4v) is 1.48. The summed E-state index contributed by atoms with van der Waals surface area (Å²) in [4.78, 5) is 11.6. The maximum absolute atomic E-state index is 11.6. The Morgan fingerprint density at radius 1 is 1.29 bits per heavy atom. The van der Waals surface area contributed by atoms with Crippen LogP contribution < -0.4 is 10.6 Å². The Morgan fingerprint density at radius 3 is 2.59 bits per heavy atom. The SMILES string of the molecule is Cc1cccc(NC(=O)CNCC(C)(C)C)c1. The van der Waals surface area contributed by atoms with Crippen molar-refractivity contribution in [3.05, 3.63) is 29.8 Å². The van der Waals surface area contributed by atoms with E-state index in [9.17, 15) is 4.79 Å². The number of amides is 1. The third kappa shape index (κ3) is 6.07. The van der Waals surface area contributed by atoms with Crippen molar-refractivity contribution in [2.24, 2.45) is 5.41 Å². The largest absolute Gasteiger partial charge is 0.325 e. The average molecular weight is 234 g/mol. The predicted octanol–water partition coefficient (Wildman–Crippen LogP) is 2.57. The number of aryl methyl sites for hydroxylation is 1. The first-order chi connectivity index (χ1) is 7.87. The standard InChI is InChI=1S/C14H22N2O/c1-11-6-5-7-12(8-11)16-13(17)9-15-10-14(2,3)4/h5-8,15H,9-10H2,1-4H3,(H,16,17). The normalized spacial score (nSPS) is 11.3. The van der Waals surface area contributed by atoms with E-state index in [-0.39, 0.29) is 11.3 Å². The molecule has 1 rings (SSSR count). The maximum Gasteiger partial charge on any atom is 0.238 e. The number of hydrogen-bond acceptors (Lipinski definition) is 2. The molecule has 0 heterocycles. The molecule has 17 heavy (non-hydrogen) atoms. The van der Waals surface area contributed by atoms with Gasteiger partial charge in [-0.2, -0.15) is 0 Å². The summed E-state index contributed by atoms with van der Waals surface area (Å²) in [5.74, 6) is -0.000139. The van der Waals surface area contributed by atoms with Gasteiger partial charge in [0.15, 0.2) is 0 Å². The second-order valence-electron chi connectivity index (χ2n) is 5.58. The first-order valence-corrected chi connectivity index (χ1v) is 5.94. The average Bonchev–Trinajstić information content (AvgIpc) is 2.15. The lowest BCUT2D eigenvalue weighted by Gasteiger charge is -2.18. The molecule has 3 heteroatoms. The van der Waals surface area contributed by atoms with E-state index < -0.39 is 0 Å². The second kappa shape index (κ2) is 5.82. The summed E-state index contributed by atoms with van der Waals surface area (Å²) >= 11 is 0. The molecule has 0 saturated heterocycles. The van der Waals surface area contributed by atoms with E-state index in [1.54, 1.807) is 0 Å². The molecule has 1 aromatic carbocycles. The molecule has 0 radical (unpaired) electrons. The van der Waals surface area contributed by atoms with Crippen LogP contribution in [0.1, 0.15) is 26.3 Å². The summed E-state index contributed by atoms with van der Waals surface area (Å²) in [6.07, 6.45) is 0. The lowest BCUT2D eigenvalue weighted by atomic mass is 9.97. The van der Waals surface area contributed by atoms with Crippen LogP contribution in [0.25, 0.3) is 0 Å². The monoisotopic (exact) mass is 234 g/mol. The summed E-state index contributed by atoms with van der Waals surface area (Å²) in [7, 11) is 0. The molecule has 2 N–H and O–H groups in total. The highest BCUT2D eigenvalue weighted by atomic mass is 16.1. The second-order valence-corrected chi connectivity index (χ2v) is 5.58. The van der Waals surface area contributed by atoms with Gasteiger partial charge in [-0.25, -0.2) is 0 Å². The Labute approximate surface area is 104 Å². The van der Waals surface area contributed by atoms with Crippen molar-refractivity contribution in [2.75, 3.05) is 18.4 Å². The molecule has 0 bridgehead atoms. The lowest BCUT2D eigenvalue weighted by Crippen LogP contribution is -2.33. The number of carbonyl (C=O) groups is 1. The van der Waals surface area contributed by atoms with Crippen LogP contribution in [-0.4, -0.2) is 19.0 Å². The molecular weight excluding hydrogens is 212 g/mol. The van der Waals surface area contributed by atoms with E-state index in [1.807, 2.05) is 31.2 Å². The number of carbonyl (C=O) groups excluding carboxylic acids is 1. The Kier molecular flexibility index (Phi) is 4.70. The number of benzene rings is 1. The van der Waals surface area contributed by atoms with Crippen molar-refractivity contribution in [2.45, 2.75) is 27.7 Å². The van der Waals surface area contributed by atoms with Crippen LogP contribution >= 0.6 is 0 Å². The van der Waals surface area contributed by atoms with Crippen LogP contribution in [0.2, 0.25) is 0 Å². The van der Waals surface area contributed by atoms with Crippen LogP contribution in [-0.2, 0) is 4.79 Å². The van der Waals surface area contributed by atoms with Gasteiger partial charge in [0, 0.05) is 12.2 Å². The first kappa shape index (κ1) is 13.7. The third-order valence-corrected chi connectivity index (χ3v) is 2.24. The fourth-order valence-electron chi connectivity index (χ4n) is 1.48. The molecule has 3 nitrogen and oxygen atoms in total. The van der Waals surface area contributed by atoms with E-state index in [0.29, 0.717) is 6.54 Å². The lowest BCUT2D eigenvalue weighted by molar-refractivity contribution is -0.115. The van der Waals surface area contributed by atoms with Gasteiger partial charge >= 0.3 is 0 Å². The van der Waals surface area contributed by atoms with Crippen molar-refractivity contribution >= 4 is 11.6 Å². The van der Waals surface area contributed by atoms with Crippen molar-refractivity contribution in [1.29, 1.82) is 0 Å². The molecule has 0 aromatic heterocycles. The number of rotatable bonds is 4. The quantitative estimate of drug-likeness (QED) is 0.840. The predicted molar refractivity (Wildman–Crippen MR) is 72.1 cm³/mol. The molecule has 0 aliphatic carbocycles. The van der Waals surface area contributed by atoms with E-state index in [0.717, 1.165) is 17.8 Å². The molecule has 0 fully saturated rings. The van der Waals surface area contributed by atoms with Crippen molar-refractivity contribution in [3.8, 4) is 0 Å². The summed E-state index contributed by atoms with van der Waals surface area (Å²) in [6, 6.07) is 7.80. The highest BCUT2D eigenvalue weighted by Gasteiger charge is 2.10. The van der Waals surface area contributed by atoms with Crippen molar-refractivity contribution in [1.82, 2.24) is 5.32 Å². The molecule has 94 valence electrons. The van der Waals surface area contributed by atoms with Crippen LogP contribution in [0.15, 0.2) is 24.3 Å². The van der Waals surface area contributed by atoms with E-state index in [2.05, 4.69) is 31.4 Å². The summed E-state index contributed by atoms with van der Waals surface area (Å²) in [5.41, 5.74) is 2.20. The van der Waals surface area contributed by atoms with Crippen molar-refractivity contribution in [3.63, 3.8) is 0 Å². The van der Waals surface area contributed by atoms with Gasteiger partial charge in [-0.1, -0.05) is 32.9 Å². The van der Waals surface area contributed by atoms with Gasteiger partial charge in [0.25, 0.3) is 0 Å². The van der Waals surface area contributed by atoms with Gasteiger partial charge in [0.2, 0.25) is 5.91 Å². The zero-order valence-electron chi connectivity index (χ0n) is 11.1. The van der Waals surface area contributed by atoms with Crippen LogP contribution in [0.4, 0.5) is 5.69 Å². The van der Waals surface area contributed by atoms with E-state index in [1.165, 1.54) is 0 Å². The van der Waals surface area contributed by atoms with Crippen LogP contribution in [0, 0.1) is 12.3 Å². The summed E-state index contributed by atoms with van der Waals surface area (Å²) < 4.78 is 0. The molecule has 0 aliphatic rings. The number of nitrogens with one attached hydrogen (secondary N) is 2. The smallest absolute Gasteiger partial charge is 0.238 e. The molecule has 0 spiro atoms. The molecule has 0 unspecified atom stereocenters. The highest BCUT2D eigenvalue weighted by molar-refractivity contribution is 5.92. The van der Waals surface area contributed by atoms with Gasteiger partial charge in [0.05, 0.1) is 6.54 Å². The van der Waals surface area contributed by atoms with E-state index >= 15 is 0 Å². The van der Waals surface area contributed by atoms with E-state index in [4.69, 9.17) is 0 Å². The summed E-state index contributed by atoms with van der Waals surface area (Å²) in [6.45, 7) is 9.60. The van der Waals surface area contributed by atoms with Crippen LogP contribution in [0.5, 0.6) is 0 Å². The topological polar surface area (TPSA) is 41.1 Å². The molecule has 1 amide bonds. The third-order valence-electron chi connectivity index (χ3n) is 2.24. The summed E-state index contributed by atoms with van der Waals surface area (Å²) in [5, 5.41) is 6.02.